The molecular formula is C29H21NSe. The van der Waals surface area contributed by atoms with E-state index in [1.165, 1.54) is 58.1 Å². The molecule has 0 spiro atoms. The molecule has 2 heteroatoms. The van der Waals surface area contributed by atoms with Crippen molar-refractivity contribution in [1.82, 2.24) is 4.57 Å². The molecule has 0 unspecified atom stereocenters. The van der Waals surface area contributed by atoms with Gasteiger partial charge >= 0.3 is 188 Å². The molecule has 0 aliphatic heterocycles. The molecule has 31 heavy (non-hydrogen) atoms. The van der Waals surface area contributed by atoms with Gasteiger partial charge in [-0.05, 0) is 0 Å². The second kappa shape index (κ2) is 6.01. The van der Waals surface area contributed by atoms with Crippen molar-refractivity contribution in [3.63, 3.8) is 0 Å². The molecule has 2 heterocycles. The summed E-state index contributed by atoms with van der Waals surface area (Å²) in [5.74, 6) is 0. The van der Waals surface area contributed by atoms with Gasteiger partial charge in [0.2, 0.25) is 0 Å². The zero-order chi connectivity index (χ0) is 20.7. The minimum absolute atomic E-state index is 0.0426. The molecule has 1 aliphatic carbocycles. The Kier molecular flexibility index (Phi) is 3.41. The van der Waals surface area contributed by atoms with Crippen LogP contribution in [-0.2, 0) is 5.41 Å². The quantitative estimate of drug-likeness (QED) is 0.226. The van der Waals surface area contributed by atoms with E-state index in [2.05, 4.69) is 110 Å². The van der Waals surface area contributed by atoms with E-state index in [-0.39, 0.29) is 5.41 Å². The van der Waals surface area contributed by atoms with Crippen LogP contribution in [0.4, 0.5) is 0 Å². The Bertz CT molecular complexity index is 1660. The monoisotopic (exact) mass is 463 g/mol. The maximum absolute atomic E-state index is 2.41. The summed E-state index contributed by atoms with van der Waals surface area (Å²) in [6.45, 7) is 4.70. The van der Waals surface area contributed by atoms with Crippen LogP contribution in [-0.4, -0.2) is 19.1 Å². The topological polar surface area (TPSA) is 4.93 Å². The first-order valence-corrected chi connectivity index (χ1v) is 12.5. The van der Waals surface area contributed by atoms with Gasteiger partial charge in [-0.1, -0.05) is 0 Å². The van der Waals surface area contributed by atoms with Gasteiger partial charge in [-0.3, -0.25) is 0 Å². The van der Waals surface area contributed by atoms with Gasteiger partial charge in [-0.25, -0.2) is 0 Å². The van der Waals surface area contributed by atoms with Gasteiger partial charge in [0.1, 0.15) is 0 Å². The van der Waals surface area contributed by atoms with E-state index < -0.39 is 0 Å². The van der Waals surface area contributed by atoms with Crippen molar-refractivity contribution in [1.29, 1.82) is 0 Å². The Balaban J connectivity index is 1.55. The third-order valence-electron chi connectivity index (χ3n) is 7.06. The molecule has 0 N–H and O–H groups in total. The summed E-state index contributed by atoms with van der Waals surface area (Å²) in [6, 6.07) is 31.6. The fourth-order valence-corrected chi connectivity index (χ4v) is 8.10. The van der Waals surface area contributed by atoms with Gasteiger partial charge in [0.25, 0.3) is 0 Å². The van der Waals surface area contributed by atoms with Crippen LogP contribution in [0.15, 0.2) is 91.1 Å². The second-order valence-electron chi connectivity index (χ2n) is 9.03. The molecule has 148 valence electrons. The summed E-state index contributed by atoms with van der Waals surface area (Å²) in [6.07, 6.45) is 2.27. The molecule has 4 aromatic carbocycles. The Labute approximate surface area is 187 Å². The number of rotatable bonds is 1. The van der Waals surface area contributed by atoms with E-state index in [1.54, 1.807) is 0 Å². The van der Waals surface area contributed by atoms with Crippen LogP contribution in [0.25, 0.3) is 47.0 Å². The van der Waals surface area contributed by atoms with Crippen molar-refractivity contribution in [3.8, 4) is 16.8 Å². The first-order chi connectivity index (χ1) is 15.1. The summed E-state index contributed by atoms with van der Waals surface area (Å²) >= 11 is 0.338. The van der Waals surface area contributed by atoms with Crippen LogP contribution in [0.1, 0.15) is 25.0 Å². The van der Waals surface area contributed by atoms with Gasteiger partial charge < -0.3 is 0 Å². The molecule has 0 atom stereocenters. The molecule has 7 rings (SSSR count). The molecule has 0 amide bonds. The molecule has 0 saturated carbocycles. The molecule has 0 fully saturated rings. The zero-order valence-corrected chi connectivity index (χ0v) is 19.2. The van der Waals surface area contributed by atoms with Crippen molar-refractivity contribution < 1.29 is 0 Å². The van der Waals surface area contributed by atoms with E-state index >= 15 is 0 Å². The normalized spacial score (nSPS) is 14.4. The number of benzene rings is 4. The zero-order valence-electron chi connectivity index (χ0n) is 17.5. The summed E-state index contributed by atoms with van der Waals surface area (Å²) in [5.41, 5.74) is 8.35. The number of hydrogen-bond donors (Lipinski definition) is 0. The van der Waals surface area contributed by atoms with Crippen molar-refractivity contribution in [3.05, 3.63) is 102 Å². The number of aromatic nitrogens is 1. The van der Waals surface area contributed by atoms with E-state index in [4.69, 9.17) is 0 Å². The molecular weight excluding hydrogens is 441 g/mol. The number of nitrogens with zero attached hydrogens (tertiary/aromatic N) is 1. The van der Waals surface area contributed by atoms with Gasteiger partial charge in [-0.15, -0.1) is 0 Å². The van der Waals surface area contributed by atoms with Crippen molar-refractivity contribution in [2.75, 3.05) is 0 Å². The Morgan fingerprint density at radius 2 is 1.48 bits per heavy atom. The molecule has 1 nitrogen and oxygen atoms in total. The van der Waals surface area contributed by atoms with Gasteiger partial charge in [0.15, 0.2) is 0 Å². The van der Waals surface area contributed by atoms with E-state index in [0.29, 0.717) is 14.5 Å². The fourth-order valence-electron chi connectivity index (χ4n) is 5.55. The summed E-state index contributed by atoms with van der Waals surface area (Å²) < 4.78 is 5.40. The van der Waals surface area contributed by atoms with Crippen LogP contribution < -0.4 is 0 Å². The van der Waals surface area contributed by atoms with E-state index in [9.17, 15) is 0 Å². The number of hydrogen-bond acceptors (Lipinski definition) is 0. The van der Waals surface area contributed by atoms with Gasteiger partial charge in [0.05, 0.1) is 0 Å². The van der Waals surface area contributed by atoms with Gasteiger partial charge in [-0.2, -0.15) is 0 Å². The molecule has 0 bridgehead atoms. The van der Waals surface area contributed by atoms with Crippen molar-refractivity contribution in [2.45, 2.75) is 19.3 Å². The predicted molar refractivity (Wildman–Crippen MR) is 133 cm³/mol. The summed E-state index contributed by atoms with van der Waals surface area (Å²) in [5, 5.41) is 4.17. The van der Waals surface area contributed by atoms with E-state index in [0.717, 1.165) is 0 Å². The minimum atomic E-state index is 0.0426. The molecule has 1 aliphatic rings. The van der Waals surface area contributed by atoms with Crippen LogP contribution in [0, 0.1) is 0 Å². The molecule has 0 saturated heterocycles. The first kappa shape index (κ1) is 17.6. The first-order valence-electron chi connectivity index (χ1n) is 10.8. The molecule has 0 radical (unpaired) electrons. The Morgan fingerprint density at radius 1 is 0.677 bits per heavy atom. The van der Waals surface area contributed by atoms with Crippen LogP contribution in [0.3, 0.4) is 0 Å². The number of fused-ring (bicyclic) bond motifs is 8. The van der Waals surface area contributed by atoms with Crippen molar-refractivity contribution >= 4 is 44.7 Å². The Morgan fingerprint density at radius 3 is 2.42 bits per heavy atom. The summed E-state index contributed by atoms with van der Waals surface area (Å²) in [7, 11) is 0. The average molecular weight is 462 g/mol. The maximum atomic E-state index is 2.41. The second-order valence-corrected chi connectivity index (χ2v) is 11.2. The molecule has 6 aromatic rings. The Hall–Kier alpha value is -3.06. The standard InChI is InChI=1S/C29H21NSe/c1-29(2)22-11-5-3-9-20(22)27-21-16-17-30(24(21)15-14-23(27)29)25-12-7-10-19-18-8-4-6-13-26(18)31-28(19)25/h3-17H,1-2H3. The third kappa shape index (κ3) is 2.22. The van der Waals surface area contributed by atoms with Crippen LogP contribution >= 0.6 is 0 Å². The predicted octanol–water partition coefficient (Wildman–Crippen LogP) is 7.30. The van der Waals surface area contributed by atoms with Gasteiger partial charge in [0, 0.05) is 0 Å². The third-order valence-corrected chi connectivity index (χ3v) is 9.60. The van der Waals surface area contributed by atoms with E-state index in [1.807, 2.05) is 0 Å². The average Bonchev–Trinajstić information content (AvgIpc) is 3.45. The van der Waals surface area contributed by atoms with Crippen LogP contribution in [0.5, 0.6) is 0 Å². The molecule has 2 aromatic heterocycles. The van der Waals surface area contributed by atoms with Crippen molar-refractivity contribution in [2.24, 2.45) is 0 Å². The summed E-state index contributed by atoms with van der Waals surface area (Å²) in [4.78, 5) is 0. The van der Waals surface area contributed by atoms with Crippen LogP contribution in [0.2, 0.25) is 0 Å². The fraction of sp³-hybridized carbons (Fsp3) is 0.103. The SMILES string of the molecule is CC1(C)c2ccccc2-c2c1ccc1c2ccn1-c1cccc2c1[se]c1ccccc12.